The first kappa shape index (κ1) is 11.8. The number of halogens is 1. The Morgan fingerprint density at radius 1 is 1.27 bits per heavy atom. The number of ether oxygens (including phenoxy) is 2. The van der Waals surface area contributed by atoms with Crippen LogP contribution in [0.15, 0.2) is 6.07 Å². The molecule has 0 aliphatic heterocycles. The summed E-state index contributed by atoms with van der Waals surface area (Å²) in [7, 11) is 2.78. The van der Waals surface area contributed by atoms with E-state index in [1.165, 1.54) is 20.3 Å². The Labute approximate surface area is 88.4 Å². The topological polar surface area (TPSA) is 38.7 Å². The molecule has 15 heavy (non-hydrogen) atoms. The van der Waals surface area contributed by atoms with Gasteiger partial charge in [0.2, 0.25) is 0 Å². The van der Waals surface area contributed by atoms with E-state index in [0.29, 0.717) is 11.1 Å². The van der Waals surface area contributed by atoms with Gasteiger partial charge < -0.3 is 14.6 Å². The fourth-order valence-electron chi connectivity index (χ4n) is 1.66. The molecule has 3 nitrogen and oxygen atoms in total. The van der Waals surface area contributed by atoms with Gasteiger partial charge >= 0.3 is 0 Å². The summed E-state index contributed by atoms with van der Waals surface area (Å²) in [6, 6.07) is 1.32. The number of hydrogen-bond acceptors (Lipinski definition) is 3. The maximum Gasteiger partial charge on any atom is 0.197 e. The molecule has 0 bridgehead atoms. The smallest absolute Gasteiger partial charge is 0.197 e. The average molecular weight is 214 g/mol. The summed E-state index contributed by atoms with van der Waals surface area (Å²) in [5, 5.41) is 9.57. The fourth-order valence-corrected chi connectivity index (χ4v) is 1.66. The minimum absolute atomic E-state index is 0.0269. The minimum atomic E-state index is -0.727. The fraction of sp³-hybridized carbons (Fsp3) is 0.455. The van der Waals surface area contributed by atoms with Gasteiger partial charge in [-0.15, -0.1) is 0 Å². The molecule has 1 aromatic rings. The molecule has 0 amide bonds. The first-order chi connectivity index (χ1) is 7.02. The molecule has 4 heteroatoms. The standard InChI is InChI=1S/C11H15FO3/c1-6-5-8(12)10(14-3)11(15-4)9(6)7(2)13/h5,7,13H,1-4H3. The van der Waals surface area contributed by atoms with E-state index in [4.69, 9.17) is 9.47 Å². The molecule has 1 rings (SSSR count). The van der Waals surface area contributed by atoms with Gasteiger partial charge in [0.1, 0.15) is 0 Å². The molecule has 0 aliphatic carbocycles. The zero-order valence-corrected chi connectivity index (χ0v) is 9.30. The molecule has 0 saturated heterocycles. The Kier molecular flexibility index (Phi) is 3.52. The highest BCUT2D eigenvalue weighted by atomic mass is 19.1. The van der Waals surface area contributed by atoms with E-state index in [0.717, 1.165) is 0 Å². The normalized spacial score (nSPS) is 12.4. The Morgan fingerprint density at radius 3 is 2.20 bits per heavy atom. The summed E-state index contributed by atoms with van der Waals surface area (Å²) in [4.78, 5) is 0. The van der Waals surface area contributed by atoms with Crippen LogP contribution in [0, 0.1) is 12.7 Å². The lowest BCUT2D eigenvalue weighted by atomic mass is 10.0. The average Bonchev–Trinajstić information content (AvgIpc) is 2.15. The molecule has 1 unspecified atom stereocenters. The summed E-state index contributed by atoms with van der Waals surface area (Å²) in [6.07, 6.45) is -0.727. The lowest BCUT2D eigenvalue weighted by Gasteiger charge is -2.17. The van der Waals surface area contributed by atoms with Gasteiger partial charge in [-0.25, -0.2) is 4.39 Å². The van der Waals surface area contributed by atoms with Gasteiger partial charge in [0, 0.05) is 5.56 Å². The second kappa shape index (κ2) is 4.49. The Bertz CT molecular complexity index is 361. The van der Waals surface area contributed by atoms with Crippen LogP contribution in [0.25, 0.3) is 0 Å². The number of rotatable bonds is 3. The van der Waals surface area contributed by atoms with Crippen molar-refractivity contribution in [3.63, 3.8) is 0 Å². The summed E-state index contributed by atoms with van der Waals surface area (Å²) in [5.74, 6) is -0.208. The zero-order valence-electron chi connectivity index (χ0n) is 9.30. The van der Waals surface area contributed by atoms with Crippen LogP contribution in [0.5, 0.6) is 11.5 Å². The van der Waals surface area contributed by atoms with E-state index >= 15 is 0 Å². The van der Waals surface area contributed by atoms with Crippen LogP contribution in [0.4, 0.5) is 4.39 Å². The Hall–Kier alpha value is -1.29. The predicted molar refractivity (Wildman–Crippen MR) is 54.9 cm³/mol. The largest absolute Gasteiger partial charge is 0.492 e. The van der Waals surface area contributed by atoms with Crippen molar-refractivity contribution in [1.29, 1.82) is 0 Å². The van der Waals surface area contributed by atoms with E-state index in [9.17, 15) is 9.50 Å². The highest BCUT2D eigenvalue weighted by Crippen LogP contribution is 2.39. The lowest BCUT2D eigenvalue weighted by molar-refractivity contribution is 0.191. The van der Waals surface area contributed by atoms with Gasteiger partial charge in [0.05, 0.1) is 20.3 Å². The van der Waals surface area contributed by atoms with Crippen LogP contribution >= 0.6 is 0 Å². The van der Waals surface area contributed by atoms with Crippen molar-refractivity contribution in [1.82, 2.24) is 0 Å². The van der Waals surface area contributed by atoms with Gasteiger partial charge in [-0.3, -0.25) is 0 Å². The zero-order chi connectivity index (χ0) is 11.6. The number of aliphatic hydroxyl groups excluding tert-OH is 1. The summed E-state index contributed by atoms with van der Waals surface area (Å²) < 4.78 is 23.4. The third kappa shape index (κ3) is 2.04. The maximum atomic E-state index is 13.5. The van der Waals surface area contributed by atoms with E-state index in [2.05, 4.69) is 0 Å². The van der Waals surface area contributed by atoms with Crippen molar-refractivity contribution in [2.75, 3.05) is 14.2 Å². The first-order valence-corrected chi connectivity index (χ1v) is 4.62. The molecule has 1 aromatic carbocycles. The van der Waals surface area contributed by atoms with Crippen LogP contribution in [0.2, 0.25) is 0 Å². The van der Waals surface area contributed by atoms with E-state index in [1.807, 2.05) is 0 Å². The summed E-state index contributed by atoms with van der Waals surface area (Å²) in [5.41, 5.74) is 1.19. The quantitative estimate of drug-likeness (QED) is 0.838. The van der Waals surface area contributed by atoms with Gasteiger partial charge in [0.25, 0.3) is 0 Å². The van der Waals surface area contributed by atoms with Gasteiger partial charge in [-0.05, 0) is 25.5 Å². The van der Waals surface area contributed by atoms with Crippen LogP contribution in [0.3, 0.4) is 0 Å². The van der Waals surface area contributed by atoms with Crippen molar-refractivity contribution in [3.8, 4) is 11.5 Å². The second-order valence-electron chi connectivity index (χ2n) is 3.33. The Morgan fingerprint density at radius 2 is 1.80 bits per heavy atom. The van der Waals surface area contributed by atoms with Crippen LogP contribution in [0.1, 0.15) is 24.2 Å². The molecule has 0 fully saturated rings. The molecule has 1 atom stereocenters. The molecular formula is C11H15FO3. The lowest BCUT2D eigenvalue weighted by Crippen LogP contribution is -2.04. The Balaban J connectivity index is 3.49. The third-order valence-electron chi connectivity index (χ3n) is 2.26. The molecule has 0 radical (unpaired) electrons. The van der Waals surface area contributed by atoms with Gasteiger partial charge in [-0.2, -0.15) is 0 Å². The molecule has 0 saturated carbocycles. The predicted octanol–water partition coefficient (Wildman–Crippen LogP) is 2.20. The minimum Gasteiger partial charge on any atom is -0.492 e. The van der Waals surface area contributed by atoms with E-state index in [-0.39, 0.29) is 11.5 Å². The molecule has 84 valence electrons. The van der Waals surface area contributed by atoms with Crippen molar-refractivity contribution in [2.24, 2.45) is 0 Å². The molecular weight excluding hydrogens is 199 g/mol. The van der Waals surface area contributed by atoms with Crippen molar-refractivity contribution in [3.05, 3.63) is 23.0 Å². The summed E-state index contributed by atoms with van der Waals surface area (Å²) in [6.45, 7) is 3.31. The number of hydrogen-bond donors (Lipinski definition) is 1. The second-order valence-corrected chi connectivity index (χ2v) is 3.33. The maximum absolute atomic E-state index is 13.5. The molecule has 0 spiro atoms. The SMILES string of the molecule is COc1c(F)cc(C)c(C(C)O)c1OC. The number of benzene rings is 1. The van der Waals surface area contributed by atoms with Crippen LogP contribution in [-0.2, 0) is 0 Å². The van der Waals surface area contributed by atoms with E-state index < -0.39 is 11.9 Å². The summed E-state index contributed by atoms with van der Waals surface area (Å²) >= 11 is 0. The van der Waals surface area contributed by atoms with Crippen molar-refractivity contribution in [2.45, 2.75) is 20.0 Å². The molecule has 1 N–H and O–H groups in total. The first-order valence-electron chi connectivity index (χ1n) is 4.62. The van der Waals surface area contributed by atoms with Gasteiger partial charge in [0.15, 0.2) is 17.3 Å². The highest BCUT2D eigenvalue weighted by molar-refractivity contribution is 5.52. The number of methoxy groups -OCH3 is 2. The molecule has 0 aromatic heterocycles. The monoisotopic (exact) mass is 214 g/mol. The van der Waals surface area contributed by atoms with Gasteiger partial charge in [-0.1, -0.05) is 0 Å². The third-order valence-corrected chi connectivity index (χ3v) is 2.26. The van der Waals surface area contributed by atoms with Crippen LogP contribution in [-0.4, -0.2) is 19.3 Å². The molecule has 0 aliphatic rings. The molecule has 0 heterocycles. The van der Waals surface area contributed by atoms with Crippen molar-refractivity contribution >= 4 is 0 Å². The number of aryl methyl sites for hydroxylation is 1. The van der Waals surface area contributed by atoms with Crippen molar-refractivity contribution < 1.29 is 19.0 Å². The van der Waals surface area contributed by atoms with Crippen LogP contribution < -0.4 is 9.47 Å². The highest BCUT2D eigenvalue weighted by Gasteiger charge is 2.20. The number of aliphatic hydroxyl groups is 1. The van der Waals surface area contributed by atoms with E-state index in [1.54, 1.807) is 13.8 Å².